The first-order chi connectivity index (χ1) is 24.3. The molecule has 0 amide bonds. The van der Waals surface area contributed by atoms with Gasteiger partial charge in [0.25, 0.3) is 0 Å². The maximum absolute atomic E-state index is 12.3. The summed E-state index contributed by atoms with van der Waals surface area (Å²) < 4.78 is 26.2. The number of phosphoric ester groups is 1. The van der Waals surface area contributed by atoms with E-state index in [1.54, 1.807) is 0 Å². The van der Waals surface area contributed by atoms with Crippen molar-refractivity contribution in [2.24, 2.45) is 0 Å². The Morgan fingerprint density at radius 1 is 0.540 bits per heavy atom. The van der Waals surface area contributed by atoms with Crippen molar-refractivity contribution in [1.29, 1.82) is 0 Å². The monoisotopic (exact) mass is 716 g/mol. The molecule has 0 radical (unpaired) electrons. The van der Waals surface area contributed by atoms with Crippen LogP contribution in [0.3, 0.4) is 0 Å². The van der Waals surface area contributed by atoms with Gasteiger partial charge in [0.2, 0.25) is 0 Å². The van der Waals surface area contributed by atoms with Crippen LogP contribution in [0.25, 0.3) is 0 Å². The number of unbranched alkanes of at least 4 members (excludes halogenated alkanes) is 8. The predicted octanol–water partition coefficient (Wildman–Crippen LogP) is 11.1. The van der Waals surface area contributed by atoms with Crippen molar-refractivity contribution in [3.8, 4) is 0 Å². The molecule has 0 saturated heterocycles. The molecule has 0 aromatic heterocycles. The van der Waals surface area contributed by atoms with Gasteiger partial charge in [-0.3, -0.25) is 14.1 Å². The van der Waals surface area contributed by atoms with Crippen molar-refractivity contribution >= 4 is 19.8 Å². The van der Waals surface area contributed by atoms with Gasteiger partial charge in [-0.2, -0.15) is 0 Å². The normalized spacial score (nSPS) is 13.6. The van der Waals surface area contributed by atoms with Gasteiger partial charge in [0.15, 0.2) is 6.10 Å². The Bertz CT molecular complexity index is 1120. The second kappa shape index (κ2) is 35.8. The average molecular weight is 717 g/mol. The Labute approximate surface area is 303 Å². The van der Waals surface area contributed by atoms with Gasteiger partial charge in [-0.05, 0) is 77.0 Å². The number of carbonyl (C=O) groups excluding carboxylic acids is 2. The lowest BCUT2D eigenvalue weighted by Crippen LogP contribution is -2.29. The van der Waals surface area contributed by atoms with Gasteiger partial charge in [0, 0.05) is 12.8 Å². The van der Waals surface area contributed by atoms with Gasteiger partial charge >= 0.3 is 19.8 Å². The van der Waals surface area contributed by atoms with Crippen molar-refractivity contribution < 1.29 is 37.9 Å². The lowest BCUT2D eigenvalue weighted by molar-refractivity contribution is -0.161. The number of phosphoric acid groups is 1. The predicted molar refractivity (Wildman–Crippen MR) is 206 cm³/mol. The van der Waals surface area contributed by atoms with E-state index in [-0.39, 0.29) is 19.4 Å². The first kappa shape index (κ1) is 47.0. The molecule has 0 aromatic carbocycles. The number of rotatable bonds is 32. The highest BCUT2D eigenvalue weighted by molar-refractivity contribution is 7.46. The summed E-state index contributed by atoms with van der Waals surface area (Å²) in [5.41, 5.74) is 0. The molecule has 0 heterocycles. The second-order valence-electron chi connectivity index (χ2n) is 11.8. The van der Waals surface area contributed by atoms with Crippen molar-refractivity contribution in [2.75, 3.05) is 13.2 Å². The number of esters is 2. The zero-order chi connectivity index (χ0) is 36.8. The molecule has 0 rings (SSSR count). The van der Waals surface area contributed by atoms with Crippen LogP contribution in [0.4, 0.5) is 0 Å². The minimum atomic E-state index is -4.77. The summed E-state index contributed by atoms with van der Waals surface area (Å²) in [7, 11) is -4.77. The Hall–Kier alpha value is -3.03. The summed E-state index contributed by atoms with van der Waals surface area (Å²) >= 11 is 0. The van der Waals surface area contributed by atoms with Crippen LogP contribution in [-0.4, -0.2) is 41.0 Å². The molecule has 1 atom stereocenters. The molecule has 0 aliphatic rings. The molecule has 50 heavy (non-hydrogen) atoms. The SMILES string of the molecule is CC/C=C/C=C/C=C/CCCCCCCC(=O)OC(COC(=O)CCCCC/C=C/C/C=C/C/C=C/C/C=C/C/C=C/CC)COP(=O)(O)O. The largest absolute Gasteiger partial charge is 0.469 e. The molecule has 9 heteroatoms. The zero-order valence-electron chi connectivity index (χ0n) is 30.7. The molecule has 0 fully saturated rings. The van der Waals surface area contributed by atoms with Crippen LogP contribution < -0.4 is 0 Å². The molecule has 2 N–H and O–H groups in total. The van der Waals surface area contributed by atoms with Crippen molar-refractivity contribution in [2.45, 2.75) is 136 Å². The van der Waals surface area contributed by atoms with E-state index in [4.69, 9.17) is 19.3 Å². The Morgan fingerprint density at radius 3 is 1.58 bits per heavy atom. The molecular formula is C41H65O8P. The van der Waals surface area contributed by atoms with E-state index in [0.717, 1.165) is 89.9 Å². The Balaban J connectivity index is 4.09. The minimum absolute atomic E-state index is 0.175. The number of allylic oxidation sites excluding steroid dienone is 16. The average Bonchev–Trinajstić information content (AvgIpc) is 3.08. The van der Waals surface area contributed by atoms with Gasteiger partial charge in [-0.25, -0.2) is 4.57 Å². The fourth-order valence-electron chi connectivity index (χ4n) is 4.46. The van der Waals surface area contributed by atoms with E-state index in [1.165, 1.54) is 0 Å². The van der Waals surface area contributed by atoms with E-state index in [2.05, 4.69) is 97.4 Å². The maximum atomic E-state index is 12.3. The fourth-order valence-corrected chi connectivity index (χ4v) is 4.82. The van der Waals surface area contributed by atoms with Gasteiger partial charge in [-0.15, -0.1) is 0 Å². The molecule has 0 spiro atoms. The molecule has 0 saturated carbocycles. The van der Waals surface area contributed by atoms with E-state index in [1.807, 2.05) is 18.2 Å². The van der Waals surface area contributed by atoms with Crippen LogP contribution in [0, 0.1) is 0 Å². The molecular weight excluding hydrogens is 651 g/mol. The molecule has 0 aromatic rings. The topological polar surface area (TPSA) is 119 Å². The highest BCUT2D eigenvalue weighted by atomic mass is 31.2. The third-order valence-corrected chi connectivity index (χ3v) is 7.64. The Morgan fingerprint density at radius 2 is 1.00 bits per heavy atom. The van der Waals surface area contributed by atoms with E-state index >= 15 is 0 Å². The fraction of sp³-hybridized carbons (Fsp3) is 0.561. The van der Waals surface area contributed by atoms with Crippen LogP contribution in [0.1, 0.15) is 129 Å². The quantitative estimate of drug-likeness (QED) is 0.0232. The molecule has 0 bridgehead atoms. The first-order valence-electron chi connectivity index (χ1n) is 18.6. The molecule has 0 aliphatic carbocycles. The van der Waals surface area contributed by atoms with E-state index < -0.39 is 32.5 Å². The Kier molecular flexibility index (Phi) is 33.6. The van der Waals surface area contributed by atoms with Crippen LogP contribution in [0.15, 0.2) is 97.2 Å². The second-order valence-corrected chi connectivity index (χ2v) is 13.1. The highest BCUT2D eigenvalue weighted by Gasteiger charge is 2.22. The molecule has 1 unspecified atom stereocenters. The smallest absolute Gasteiger partial charge is 0.462 e. The van der Waals surface area contributed by atoms with Crippen LogP contribution in [-0.2, 0) is 28.2 Å². The number of carbonyl (C=O) groups is 2. The number of hydrogen-bond acceptors (Lipinski definition) is 6. The lowest BCUT2D eigenvalue weighted by Gasteiger charge is -2.18. The standard InChI is InChI=1S/C41H65O8P/c1-3-5-7-9-11-13-15-17-18-19-20-21-22-24-25-27-29-31-33-35-40(42)47-37-39(38-48-50(44,45)46)49-41(43)36-34-32-30-28-26-23-16-14-12-10-8-6-4-2/h5-8,10-14,16-18,20-21,24-25,39H,3-4,9,15,19,22-23,26-38H2,1-2H3,(H2,44,45,46)/b7-5+,8-6+,12-10+,13-11+,16-14+,18-17+,21-20+,25-24+. The number of ether oxygens (including phenoxy) is 2. The van der Waals surface area contributed by atoms with Gasteiger partial charge < -0.3 is 19.3 Å². The summed E-state index contributed by atoms with van der Waals surface area (Å²) in [6.45, 7) is 3.36. The summed E-state index contributed by atoms with van der Waals surface area (Å²) in [5.74, 6) is -0.960. The van der Waals surface area contributed by atoms with E-state index in [9.17, 15) is 14.2 Å². The minimum Gasteiger partial charge on any atom is -0.462 e. The maximum Gasteiger partial charge on any atom is 0.469 e. The summed E-state index contributed by atoms with van der Waals surface area (Å²) in [4.78, 5) is 42.7. The molecule has 282 valence electrons. The molecule has 8 nitrogen and oxygen atoms in total. The van der Waals surface area contributed by atoms with Gasteiger partial charge in [0.1, 0.15) is 6.61 Å². The van der Waals surface area contributed by atoms with Gasteiger partial charge in [0.05, 0.1) is 6.61 Å². The summed E-state index contributed by atoms with van der Waals surface area (Å²) in [5, 5.41) is 0. The van der Waals surface area contributed by atoms with Crippen molar-refractivity contribution in [3.05, 3.63) is 97.2 Å². The van der Waals surface area contributed by atoms with E-state index in [0.29, 0.717) is 12.8 Å². The third-order valence-electron chi connectivity index (χ3n) is 7.16. The van der Waals surface area contributed by atoms with Crippen LogP contribution in [0.2, 0.25) is 0 Å². The number of hydrogen-bond donors (Lipinski definition) is 2. The molecule has 0 aliphatic heterocycles. The lowest BCUT2D eigenvalue weighted by atomic mass is 10.1. The zero-order valence-corrected chi connectivity index (χ0v) is 31.6. The summed E-state index contributed by atoms with van der Waals surface area (Å²) in [6.07, 6.45) is 48.4. The van der Waals surface area contributed by atoms with Gasteiger partial charge in [-0.1, -0.05) is 137 Å². The highest BCUT2D eigenvalue weighted by Crippen LogP contribution is 2.35. The van der Waals surface area contributed by atoms with Crippen molar-refractivity contribution in [3.63, 3.8) is 0 Å². The third kappa shape index (κ3) is 37.8. The first-order valence-corrected chi connectivity index (χ1v) is 20.1. The summed E-state index contributed by atoms with van der Waals surface area (Å²) in [6, 6.07) is 0. The van der Waals surface area contributed by atoms with Crippen LogP contribution in [0.5, 0.6) is 0 Å². The van der Waals surface area contributed by atoms with Crippen LogP contribution >= 0.6 is 7.82 Å². The van der Waals surface area contributed by atoms with Crippen molar-refractivity contribution in [1.82, 2.24) is 0 Å².